The van der Waals surface area contributed by atoms with E-state index >= 15 is 0 Å². The van der Waals surface area contributed by atoms with E-state index in [0.717, 1.165) is 30.0 Å². The van der Waals surface area contributed by atoms with Gasteiger partial charge in [0.1, 0.15) is 12.3 Å². The molecule has 4 heteroatoms. The van der Waals surface area contributed by atoms with Gasteiger partial charge in [-0.1, -0.05) is 13.8 Å². The Morgan fingerprint density at radius 2 is 1.86 bits per heavy atom. The highest BCUT2D eigenvalue weighted by Gasteiger charge is 2.11. The lowest BCUT2D eigenvalue weighted by Crippen LogP contribution is -2.14. The molecular formula is C17H22N2O2. The number of rotatable bonds is 7. The van der Waals surface area contributed by atoms with Gasteiger partial charge >= 0.3 is 0 Å². The molecule has 21 heavy (non-hydrogen) atoms. The third-order valence-corrected chi connectivity index (χ3v) is 3.42. The summed E-state index contributed by atoms with van der Waals surface area (Å²) < 4.78 is 7.20. The van der Waals surface area contributed by atoms with Crippen LogP contribution in [0, 0.1) is 0 Å². The first-order valence-corrected chi connectivity index (χ1v) is 7.49. The van der Waals surface area contributed by atoms with Crippen LogP contribution < -0.4 is 4.74 Å². The van der Waals surface area contributed by atoms with Crippen molar-refractivity contribution in [3.8, 4) is 5.75 Å². The number of carbonyl (C=O) groups is 1. The number of Topliss-reactive ketones (excluding diaryl/α,β-unsaturated/α-hetero) is 1. The van der Waals surface area contributed by atoms with Crippen LogP contribution in [0.2, 0.25) is 0 Å². The lowest BCUT2D eigenvalue weighted by molar-refractivity contribution is 0.0966. The smallest absolute Gasteiger partial charge is 0.184 e. The van der Waals surface area contributed by atoms with Crippen LogP contribution in [-0.2, 0) is 19.4 Å². The Morgan fingerprint density at radius 3 is 2.43 bits per heavy atom. The zero-order valence-electron chi connectivity index (χ0n) is 12.9. The van der Waals surface area contributed by atoms with Crippen molar-refractivity contribution in [2.45, 2.75) is 40.2 Å². The fourth-order valence-electron chi connectivity index (χ4n) is 2.24. The summed E-state index contributed by atoms with van der Waals surface area (Å²) >= 11 is 0. The number of aromatic nitrogens is 2. The quantitative estimate of drug-likeness (QED) is 0.734. The largest absolute Gasteiger partial charge is 0.494 e. The summed E-state index contributed by atoms with van der Waals surface area (Å²) in [4.78, 5) is 12.3. The van der Waals surface area contributed by atoms with Gasteiger partial charge in [0.15, 0.2) is 5.78 Å². The van der Waals surface area contributed by atoms with Gasteiger partial charge in [-0.3, -0.25) is 9.48 Å². The molecule has 0 atom stereocenters. The first-order valence-electron chi connectivity index (χ1n) is 7.49. The molecule has 0 spiro atoms. The summed E-state index contributed by atoms with van der Waals surface area (Å²) in [5.41, 5.74) is 2.83. The number of carbonyl (C=O) groups excluding carboxylic acids is 1. The number of ether oxygens (including phenoxy) is 1. The predicted molar refractivity (Wildman–Crippen MR) is 82.9 cm³/mol. The Labute approximate surface area is 125 Å². The van der Waals surface area contributed by atoms with Gasteiger partial charge in [-0.15, -0.1) is 0 Å². The van der Waals surface area contributed by atoms with Crippen molar-refractivity contribution in [2.75, 3.05) is 6.61 Å². The second-order valence-electron chi connectivity index (χ2n) is 4.87. The normalized spacial score (nSPS) is 10.6. The van der Waals surface area contributed by atoms with E-state index < -0.39 is 0 Å². The van der Waals surface area contributed by atoms with E-state index in [4.69, 9.17) is 4.74 Å². The molecule has 0 bridgehead atoms. The second kappa shape index (κ2) is 7.07. The van der Waals surface area contributed by atoms with Gasteiger partial charge in [0, 0.05) is 11.3 Å². The molecule has 0 aliphatic carbocycles. The van der Waals surface area contributed by atoms with E-state index in [1.165, 1.54) is 0 Å². The fourth-order valence-corrected chi connectivity index (χ4v) is 2.24. The van der Waals surface area contributed by atoms with Crippen molar-refractivity contribution < 1.29 is 9.53 Å². The molecular weight excluding hydrogens is 264 g/mol. The summed E-state index contributed by atoms with van der Waals surface area (Å²) in [5.74, 6) is 0.856. The van der Waals surface area contributed by atoms with Gasteiger partial charge in [0.05, 0.1) is 12.3 Å². The average molecular weight is 286 g/mol. The van der Waals surface area contributed by atoms with Crippen LogP contribution in [-0.4, -0.2) is 22.2 Å². The lowest BCUT2D eigenvalue weighted by atomic mass is 10.1. The molecule has 0 amide bonds. The molecule has 0 N–H and O–H groups in total. The van der Waals surface area contributed by atoms with Gasteiger partial charge in [-0.2, -0.15) is 5.10 Å². The molecule has 0 aliphatic heterocycles. The van der Waals surface area contributed by atoms with Crippen molar-refractivity contribution in [3.05, 3.63) is 47.3 Å². The molecule has 0 saturated carbocycles. The zero-order chi connectivity index (χ0) is 15.2. The zero-order valence-corrected chi connectivity index (χ0v) is 12.9. The maximum Gasteiger partial charge on any atom is 0.184 e. The topological polar surface area (TPSA) is 44.1 Å². The minimum Gasteiger partial charge on any atom is -0.494 e. The van der Waals surface area contributed by atoms with Crippen molar-refractivity contribution in [3.63, 3.8) is 0 Å². The molecule has 0 aliphatic rings. The average Bonchev–Trinajstić information content (AvgIpc) is 2.90. The van der Waals surface area contributed by atoms with Gasteiger partial charge in [0.2, 0.25) is 0 Å². The van der Waals surface area contributed by atoms with E-state index in [-0.39, 0.29) is 12.3 Å². The number of nitrogens with zero attached hydrogens (tertiary/aromatic N) is 2. The number of aryl methyl sites for hydroxylation is 2. The Hall–Kier alpha value is -2.10. The van der Waals surface area contributed by atoms with Gasteiger partial charge in [-0.05, 0) is 50.1 Å². The van der Waals surface area contributed by atoms with Crippen molar-refractivity contribution >= 4 is 5.78 Å². The summed E-state index contributed by atoms with van der Waals surface area (Å²) in [5, 5.41) is 4.48. The Kier molecular flexibility index (Phi) is 5.14. The molecule has 2 rings (SSSR count). The number of ketones is 1. The number of hydrogen-bond acceptors (Lipinski definition) is 3. The maximum atomic E-state index is 12.3. The second-order valence-corrected chi connectivity index (χ2v) is 4.87. The lowest BCUT2D eigenvalue weighted by Gasteiger charge is -2.07. The number of hydrogen-bond donors (Lipinski definition) is 0. The third-order valence-electron chi connectivity index (χ3n) is 3.42. The van der Waals surface area contributed by atoms with Crippen LogP contribution in [0.25, 0.3) is 0 Å². The standard InChI is InChI=1S/C17H22N2O2/c1-4-14-11-15(5-2)19(18-14)12-17(20)13-7-9-16(10-8-13)21-6-3/h7-11H,4-6,12H2,1-3H3. The van der Waals surface area contributed by atoms with E-state index in [0.29, 0.717) is 12.2 Å². The summed E-state index contributed by atoms with van der Waals surface area (Å²) in [7, 11) is 0. The predicted octanol–water partition coefficient (Wildman–Crippen LogP) is 3.29. The monoisotopic (exact) mass is 286 g/mol. The molecule has 1 aromatic carbocycles. The molecule has 0 saturated heterocycles. The highest BCUT2D eigenvalue weighted by Crippen LogP contribution is 2.14. The summed E-state index contributed by atoms with van der Waals surface area (Å²) in [6.07, 6.45) is 1.76. The third kappa shape index (κ3) is 3.72. The van der Waals surface area contributed by atoms with Gasteiger partial charge < -0.3 is 4.74 Å². The Bertz CT molecular complexity index is 600. The molecule has 112 valence electrons. The Morgan fingerprint density at radius 1 is 1.14 bits per heavy atom. The van der Waals surface area contributed by atoms with Crippen molar-refractivity contribution in [1.82, 2.24) is 9.78 Å². The van der Waals surface area contributed by atoms with Crippen molar-refractivity contribution in [1.29, 1.82) is 0 Å². The SMILES string of the molecule is CCOc1ccc(C(=O)Cn2nc(CC)cc2CC)cc1. The van der Waals surface area contributed by atoms with Crippen LogP contribution in [0.5, 0.6) is 5.75 Å². The molecule has 4 nitrogen and oxygen atoms in total. The first kappa shape index (κ1) is 15.3. The van der Waals surface area contributed by atoms with E-state index in [1.54, 1.807) is 0 Å². The van der Waals surface area contributed by atoms with Crippen molar-refractivity contribution in [2.24, 2.45) is 0 Å². The van der Waals surface area contributed by atoms with Crippen LogP contribution >= 0.6 is 0 Å². The minimum absolute atomic E-state index is 0.0681. The van der Waals surface area contributed by atoms with E-state index in [2.05, 4.69) is 25.0 Å². The molecule has 1 heterocycles. The summed E-state index contributed by atoms with van der Waals surface area (Å²) in [6, 6.07) is 9.36. The molecule has 2 aromatic rings. The molecule has 1 aromatic heterocycles. The van der Waals surface area contributed by atoms with Gasteiger partial charge in [0.25, 0.3) is 0 Å². The van der Waals surface area contributed by atoms with E-state index in [9.17, 15) is 4.79 Å². The van der Waals surface area contributed by atoms with Crippen LogP contribution in [0.15, 0.2) is 30.3 Å². The highest BCUT2D eigenvalue weighted by molar-refractivity contribution is 5.96. The van der Waals surface area contributed by atoms with Gasteiger partial charge in [-0.25, -0.2) is 0 Å². The number of benzene rings is 1. The summed E-state index contributed by atoms with van der Waals surface area (Å²) in [6.45, 7) is 7.00. The van der Waals surface area contributed by atoms with Crippen LogP contribution in [0.3, 0.4) is 0 Å². The Balaban J connectivity index is 2.11. The fraction of sp³-hybridized carbons (Fsp3) is 0.412. The highest BCUT2D eigenvalue weighted by atomic mass is 16.5. The van der Waals surface area contributed by atoms with E-state index in [1.807, 2.05) is 35.9 Å². The van der Waals surface area contributed by atoms with Crippen LogP contribution in [0.4, 0.5) is 0 Å². The first-order chi connectivity index (χ1) is 10.2. The molecule has 0 radical (unpaired) electrons. The maximum absolute atomic E-state index is 12.3. The van der Waals surface area contributed by atoms with Crippen LogP contribution in [0.1, 0.15) is 42.5 Å². The molecule has 0 unspecified atom stereocenters. The minimum atomic E-state index is 0.0681. The molecule has 0 fully saturated rings.